The second-order valence-electron chi connectivity index (χ2n) is 6.31. The number of amides is 3. The Morgan fingerprint density at radius 2 is 2.00 bits per heavy atom. The minimum atomic E-state index is -1.19. The van der Waals surface area contributed by atoms with Crippen LogP contribution in [0.25, 0.3) is 0 Å². The van der Waals surface area contributed by atoms with Crippen molar-refractivity contribution in [1.29, 1.82) is 5.26 Å². The van der Waals surface area contributed by atoms with E-state index < -0.39 is 11.6 Å². The zero-order valence-electron chi connectivity index (χ0n) is 14.6. The highest BCUT2D eigenvalue weighted by Crippen LogP contribution is 2.29. The van der Waals surface area contributed by atoms with Crippen LogP contribution < -0.4 is 5.32 Å². The topological polar surface area (TPSA) is 117 Å². The maximum atomic E-state index is 12.9. The minimum Gasteiger partial charge on any atom is -0.319 e. The molecule has 0 spiro atoms. The van der Waals surface area contributed by atoms with Gasteiger partial charge in [-0.1, -0.05) is 25.5 Å². The molecule has 0 aliphatic carbocycles. The Morgan fingerprint density at radius 1 is 1.27 bits per heavy atom. The predicted molar refractivity (Wildman–Crippen MR) is 90.3 cm³/mol. The number of carbonyl (C=O) groups is 2. The molecule has 0 radical (unpaired) electrons. The summed E-state index contributed by atoms with van der Waals surface area (Å²) in [6.45, 7) is 4.35. The van der Waals surface area contributed by atoms with E-state index in [9.17, 15) is 9.59 Å². The summed E-state index contributed by atoms with van der Waals surface area (Å²) in [5.41, 5.74) is -0.0868. The van der Waals surface area contributed by atoms with Crippen LogP contribution in [0.2, 0.25) is 0 Å². The zero-order chi connectivity index (χ0) is 18.7. The number of nitrogens with one attached hydrogen (secondary N) is 1. The molecule has 1 atom stereocenters. The van der Waals surface area contributed by atoms with Crippen LogP contribution in [0.5, 0.6) is 0 Å². The number of aromatic nitrogens is 4. The van der Waals surface area contributed by atoms with Gasteiger partial charge in [0.2, 0.25) is 0 Å². The van der Waals surface area contributed by atoms with Gasteiger partial charge in [-0.3, -0.25) is 9.69 Å². The summed E-state index contributed by atoms with van der Waals surface area (Å²) in [5.74, 6) is 0.0864. The number of nitrogens with zero attached hydrogens (tertiary/aromatic N) is 6. The standard InChI is InChI=1S/C17H19N7O2/c1-3-4-9-24-14(20-21-22-24)11-23-15(25)17(2,19-16(23)26)13-7-5-12(10-18)6-8-13/h5-8H,3-4,9,11H2,1-2H3,(H,19,26). The van der Waals surface area contributed by atoms with Gasteiger partial charge in [-0.2, -0.15) is 5.26 Å². The first-order valence-corrected chi connectivity index (χ1v) is 8.39. The molecule has 2 aromatic rings. The van der Waals surface area contributed by atoms with Gasteiger partial charge in [0, 0.05) is 6.54 Å². The molecule has 3 rings (SSSR count). The normalized spacial score (nSPS) is 19.5. The monoisotopic (exact) mass is 353 g/mol. The lowest BCUT2D eigenvalue weighted by molar-refractivity contribution is -0.131. The first-order chi connectivity index (χ1) is 12.5. The summed E-state index contributed by atoms with van der Waals surface area (Å²) < 4.78 is 1.61. The molecule has 1 aromatic heterocycles. The third-order valence-electron chi connectivity index (χ3n) is 4.50. The lowest BCUT2D eigenvalue weighted by Gasteiger charge is -2.22. The Morgan fingerprint density at radius 3 is 2.65 bits per heavy atom. The molecule has 1 fully saturated rings. The molecule has 2 heterocycles. The molecule has 3 amide bonds. The molecular weight excluding hydrogens is 334 g/mol. The highest BCUT2D eigenvalue weighted by Gasteiger charge is 2.49. The second kappa shape index (κ2) is 6.92. The highest BCUT2D eigenvalue weighted by atomic mass is 16.2. The van der Waals surface area contributed by atoms with Gasteiger partial charge in [-0.15, -0.1) is 5.10 Å². The lowest BCUT2D eigenvalue weighted by atomic mass is 9.91. The number of hydrogen-bond donors (Lipinski definition) is 1. The van der Waals surface area contributed by atoms with Crippen molar-refractivity contribution in [1.82, 2.24) is 30.4 Å². The molecule has 9 nitrogen and oxygen atoms in total. The zero-order valence-corrected chi connectivity index (χ0v) is 14.6. The fourth-order valence-corrected chi connectivity index (χ4v) is 2.87. The Labute approximate surface area is 150 Å². The Kier molecular flexibility index (Phi) is 4.67. The summed E-state index contributed by atoms with van der Waals surface area (Å²) in [4.78, 5) is 26.5. The van der Waals surface area contributed by atoms with Crippen molar-refractivity contribution < 1.29 is 9.59 Å². The van der Waals surface area contributed by atoms with Crippen molar-refractivity contribution >= 4 is 11.9 Å². The van der Waals surface area contributed by atoms with Gasteiger partial charge in [0.1, 0.15) is 5.54 Å². The van der Waals surface area contributed by atoms with Gasteiger partial charge in [0.05, 0.1) is 18.2 Å². The molecule has 1 saturated heterocycles. The van der Waals surface area contributed by atoms with E-state index in [4.69, 9.17) is 5.26 Å². The number of aryl methyl sites for hydroxylation is 1. The number of tetrazole rings is 1. The van der Waals surface area contributed by atoms with Crippen LogP contribution >= 0.6 is 0 Å². The van der Waals surface area contributed by atoms with Crippen LogP contribution in [0.3, 0.4) is 0 Å². The molecule has 1 aliphatic rings. The van der Waals surface area contributed by atoms with Crippen molar-refractivity contribution in [3.05, 3.63) is 41.2 Å². The Hall–Kier alpha value is -3.28. The number of benzene rings is 1. The molecular formula is C17H19N7O2. The van der Waals surface area contributed by atoms with E-state index in [1.807, 2.05) is 6.07 Å². The summed E-state index contributed by atoms with van der Waals surface area (Å²) >= 11 is 0. The van der Waals surface area contributed by atoms with Crippen LogP contribution in [-0.4, -0.2) is 37.0 Å². The maximum absolute atomic E-state index is 12.9. The predicted octanol–water partition coefficient (Wildman–Crippen LogP) is 1.31. The highest BCUT2D eigenvalue weighted by molar-refractivity contribution is 6.07. The molecule has 0 bridgehead atoms. The van der Waals surface area contributed by atoms with Crippen molar-refractivity contribution in [2.45, 2.75) is 45.3 Å². The summed E-state index contributed by atoms with van der Waals surface area (Å²) in [6, 6.07) is 8.12. The van der Waals surface area contributed by atoms with Gasteiger partial charge < -0.3 is 5.32 Å². The number of nitriles is 1. The first kappa shape index (κ1) is 17.5. The largest absolute Gasteiger partial charge is 0.325 e. The van der Waals surface area contributed by atoms with Crippen LogP contribution in [0.15, 0.2) is 24.3 Å². The molecule has 26 heavy (non-hydrogen) atoms. The number of carbonyl (C=O) groups excluding carboxylic acids is 2. The van der Waals surface area contributed by atoms with E-state index >= 15 is 0 Å². The molecule has 9 heteroatoms. The van der Waals surface area contributed by atoms with E-state index in [1.165, 1.54) is 0 Å². The fraction of sp³-hybridized carbons (Fsp3) is 0.412. The third kappa shape index (κ3) is 3.01. The van der Waals surface area contributed by atoms with Gasteiger partial charge >= 0.3 is 6.03 Å². The van der Waals surface area contributed by atoms with Crippen LogP contribution in [0.1, 0.15) is 43.6 Å². The van der Waals surface area contributed by atoms with Gasteiger partial charge in [-0.25, -0.2) is 9.48 Å². The summed E-state index contributed by atoms with van der Waals surface area (Å²) in [7, 11) is 0. The summed E-state index contributed by atoms with van der Waals surface area (Å²) in [6.07, 6.45) is 1.89. The van der Waals surface area contributed by atoms with Crippen molar-refractivity contribution in [3.8, 4) is 6.07 Å². The van der Waals surface area contributed by atoms with Crippen LogP contribution in [0.4, 0.5) is 4.79 Å². The molecule has 1 aliphatic heterocycles. The molecule has 134 valence electrons. The van der Waals surface area contributed by atoms with Gasteiger partial charge in [-0.05, 0) is 41.5 Å². The van der Waals surface area contributed by atoms with E-state index in [0.717, 1.165) is 17.7 Å². The van der Waals surface area contributed by atoms with E-state index in [1.54, 1.807) is 35.9 Å². The SMILES string of the molecule is CCCCn1nnnc1CN1C(=O)NC(C)(c2ccc(C#N)cc2)C1=O. The van der Waals surface area contributed by atoms with E-state index in [-0.39, 0.29) is 12.5 Å². The number of urea groups is 1. The van der Waals surface area contributed by atoms with E-state index in [2.05, 4.69) is 27.8 Å². The van der Waals surface area contributed by atoms with Gasteiger partial charge in [0.15, 0.2) is 5.82 Å². The quantitative estimate of drug-likeness (QED) is 0.783. The Bertz CT molecular complexity index is 868. The molecule has 1 aromatic carbocycles. The minimum absolute atomic E-state index is 0.00719. The average molecular weight is 353 g/mol. The molecule has 1 N–H and O–H groups in total. The fourth-order valence-electron chi connectivity index (χ4n) is 2.87. The second-order valence-corrected chi connectivity index (χ2v) is 6.31. The number of hydrogen-bond acceptors (Lipinski definition) is 6. The van der Waals surface area contributed by atoms with Crippen LogP contribution in [0, 0.1) is 11.3 Å². The van der Waals surface area contributed by atoms with E-state index in [0.29, 0.717) is 23.5 Å². The first-order valence-electron chi connectivity index (χ1n) is 8.39. The summed E-state index contributed by atoms with van der Waals surface area (Å²) in [5, 5.41) is 23.1. The van der Waals surface area contributed by atoms with Crippen molar-refractivity contribution in [2.75, 3.05) is 0 Å². The number of rotatable bonds is 6. The molecule has 1 unspecified atom stereocenters. The lowest BCUT2D eigenvalue weighted by Crippen LogP contribution is -2.40. The van der Waals surface area contributed by atoms with Crippen molar-refractivity contribution in [3.63, 3.8) is 0 Å². The Balaban J connectivity index is 1.82. The van der Waals surface area contributed by atoms with Gasteiger partial charge in [0.25, 0.3) is 5.91 Å². The molecule has 0 saturated carbocycles. The van der Waals surface area contributed by atoms with Crippen LogP contribution in [-0.2, 0) is 23.4 Å². The smallest absolute Gasteiger partial charge is 0.319 e. The maximum Gasteiger partial charge on any atom is 0.325 e. The third-order valence-corrected chi connectivity index (χ3v) is 4.50. The number of unbranched alkanes of at least 4 members (excludes halogenated alkanes) is 1. The average Bonchev–Trinajstić information content (AvgIpc) is 3.18. The number of imide groups is 1. The van der Waals surface area contributed by atoms with Crippen molar-refractivity contribution in [2.24, 2.45) is 0 Å².